The summed E-state index contributed by atoms with van der Waals surface area (Å²) in [7, 11) is 0. The number of nitrogens with one attached hydrogen (secondary N) is 2. The lowest BCUT2D eigenvalue weighted by Gasteiger charge is -2.11. The summed E-state index contributed by atoms with van der Waals surface area (Å²) in [6.45, 7) is 5.85. The second-order valence-corrected chi connectivity index (χ2v) is 6.41. The molecule has 3 rings (SSSR count). The summed E-state index contributed by atoms with van der Waals surface area (Å²) in [5.74, 6) is 1.17. The van der Waals surface area contributed by atoms with Crippen molar-refractivity contribution in [3.05, 3.63) is 71.7 Å². The van der Waals surface area contributed by atoms with Crippen molar-refractivity contribution in [3.8, 4) is 5.75 Å². The van der Waals surface area contributed by atoms with E-state index in [0.29, 0.717) is 17.3 Å². The first-order valence-electron chi connectivity index (χ1n) is 8.64. The molecule has 138 valence electrons. The van der Waals surface area contributed by atoms with E-state index in [4.69, 9.17) is 4.74 Å². The predicted octanol–water partition coefficient (Wildman–Crippen LogP) is 4.16. The van der Waals surface area contributed by atoms with Gasteiger partial charge in [-0.3, -0.25) is 4.79 Å². The van der Waals surface area contributed by atoms with Crippen molar-refractivity contribution in [3.63, 3.8) is 0 Å². The number of amides is 1. The van der Waals surface area contributed by atoms with Gasteiger partial charge in [0.15, 0.2) is 6.61 Å². The first-order valence-corrected chi connectivity index (χ1v) is 8.64. The minimum absolute atomic E-state index is 0.0499. The Balaban J connectivity index is 1.59. The molecule has 0 saturated heterocycles. The van der Waals surface area contributed by atoms with Gasteiger partial charge in [0.1, 0.15) is 17.9 Å². The largest absolute Gasteiger partial charge is 0.484 e. The van der Waals surface area contributed by atoms with Gasteiger partial charge in [0.25, 0.3) is 5.91 Å². The van der Waals surface area contributed by atoms with Crippen molar-refractivity contribution >= 4 is 23.1 Å². The molecule has 0 aliphatic heterocycles. The van der Waals surface area contributed by atoms with Crippen LogP contribution in [0.2, 0.25) is 0 Å². The standard InChI is InChI=1S/C21H22N4O2/c1-14-7-15(2)9-19(8-14)27-12-21(26)25-18-6-4-5-17(11-18)24-20-10-16(3)22-13-23-20/h4-11,13H,12H2,1-3H3,(H,25,26)(H,22,23,24). The highest BCUT2D eigenvalue weighted by Crippen LogP contribution is 2.19. The van der Waals surface area contributed by atoms with Gasteiger partial charge in [0.05, 0.1) is 0 Å². The monoisotopic (exact) mass is 362 g/mol. The van der Waals surface area contributed by atoms with Crippen LogP contribution in [0, 0.1) is 20.8 Å². The lowest BCUT2D eigenvalue weighted by molar-refractivity contribution is -0.118. The van der Waals surface area contributed by atoms with Crippen molar-refractivity contribution in [2.24, 2.45) is 0 Å². The van der Waals surface area contributed by atoms with Crippen LogP contribution in [0.3, 0.4) is 0 Å². The van der Waals surface area contributed by atoms with Gasteiger partial charge in [0.2, 0.25) is 0 Å². The molecule has 0 aliphatic rings. The van der Waals surface area contributed by atoms with Gasteiger partial charge in [-0.2, -0.15) is 0 Å². The Morgan fingerprint density at radius 3 is 2.44 bits per heavy atom. The molecule has 3 aromatic rings. The Kier molecular flexibility index (Phi) is 5.66. The third-order valence-corrected chi connectivity index (χ3v) is 3.79. The fraction of sp³-hybridized carbons (Fsp3) is 0.190. The highest BCUT2D eigenvalue weighted by atomic mass is 16.5. The number of carbonyl (C=O) groups excluding carboxylic acids is 1. The Morgan fingerprint density at radius 1 is 0.963 bits per heavy atom. The molecule has 6 nitrogen and oxygen atoms in total. The van der Waals surface area contributed by atoms with Crippen molar-refractivity contribution in [1.29, 1.82) is 0 Å². The zero-order valence-electron chi connectivity index (χ0n) is 15.6. The van der Waals surface area contributed by atoms with E-state index in [0.717, 1.165) is 22.5 Å². The van der Waals surface area contributed by atoms with Gasteiger partial charge in [-0.05, 0) is 62.2 Å². The van der Waals surface area contributed by atoms with Gasteiger partial charge in [-0.15, -0.1) is 0 Å². The molecule has 0 saturated carbocycles. The van der Waals surface area contributed by atoms with Crippen LogP contribution in [0.4, 0.5) is 17.2 Å². The van der Waals surface area contributed by atoms with Crippen LogP contribution in [0.5, 0.6) is 5.75 Å². The highest BCUT2D eigenvalue weighted by Gasteiger charge is 2.06. The Hall–Kier alpha value is -3.41. The molecule has 1 amide bonds. The third-order valence-electron chi connectivity index (χ3n) is 3.79. The highest BCUT2D eigenvalue weighted by molar-refractivity contribution is 5.92. The van der Waals surface area contributed by atoms with Gasteiger partial charge in [-0.1, -0.05) is 12.1 Å². The Morgan fingerprint density at radius 2 is 1.70 bits per heavy atom. The van der Waals surface area contributed by atoms with E-state index >= 15 is 0 Å². The van der Waals surface area contributed by atoms with Crippen LogP contribution in [0.25, 0.3) is 0 Å². The predicted molar refractivity (Wildman–Crippen MR) is 107 cm³/mol. The van der Waals surface area contributed by atoms with E-state index in [9.17, 15) is 4.79 Å². The molecule has 0 spiro atoms. The molecular weight excluding hydrogens is 340 g/mol. The van der Waals surface area contributed by atoms with E-state index < -0.39 is 0 Å². The summed E-state index contributed by atoms with van der Waals surface area (Å²) >= 11 is 0. The molecular formula is C21H22N4O2. The quantitative estimate of drug-likeness (QED) is 0.688. The van der Waals surface area contributed by atoms with E-state index in [2.05, 4.69) is 26.7 Å². The number of nitrogens with zero attached hydrogens (tertiary/aromatic N) is 2. The summed E-state index contributed by atoms with van der Waals surface area (Å²) in [4.78, 5) is 20.4. The normalized spacial score (nSPS) is 10.3. The summed E-state index contributed by atoms with van der Waals surface area (Å²) < 4.78 is 5.60. The van der Waals surface area contributed by atoms with Crippen molar-refractivity contribution in [1.82, 2.24) is 9.97 Å². The number of carbonyl (C=O) groups is 1. The molecule has 0 atom stereocenters. The number of anilines is 3. The molecule has 1 aromatic heterocycles. The molecule has 27 heavy (non-hydrogen) atoms. The van der Waals surface area contributed by atoms with E-state index in [-0.39, 0.29) is 12.5 Å². The average molecular weight is 362 g/mol. The van der Waals surface area contributed by atoms with Gasteiger partial charge < -0.3 is 15.4 Å². The van der Waals surface area contributed by atoms with Crippen molar-refractivity contribution in [2.75, 3.05) is 17.2 Å². The lowest BCUT2D eigenvalue weighted by atomic mass is 10.1. The van der Waals surface area contributed by atoms with Gasteiger partial charge >= 0.3 is 0 Å². The maximum Gasteiger partial charge on any atom is 0.262 e. The van der Waals surface area contributed by atoms with E-state index in [1.54, 1.807) is 0 Å². The molecule has 0 unspecified atom stereocenters. The molecule has 0 aliphatic carbocycles. The molecule has 0 fully saturated rings. The molecule has 1 heterocycles. The van der Waals surface area contributed by atoms with Crippen LogP contribution in [0.1, 0.15) is 16.8 Å². The minimum atomic E-state index is -0.218. The first-order chi connectivity index (χ1) is 13.0. The summed E-state index contributed by atoms with van der Waals surface area (Å²) in [6, 6.07) is 15.2. The van der Waals surface area contributed by atoms with Crippen LogP contribution in [0.15, 0.2) is 54.9 Å². The minimum Gasteiger partial charge on any atom is -0.484 e. The number of aryl methyl sites for hydroxylation is 3. The maximum absolute atomic E-state index is 12.2. The zero-order valence-corrected chi connectivity index (χ0v) is 15.6. The van der Waals surface area contributed by atoms with Crippen LogP contribution < -0.4 is 15.4 Å². The molecule has 0 bridgehead atoms. The fourth-order valence-corrected chi connectivity index (χ4v) is 2.71. The van der Waals surface area contributed by atoms with Crippen molar-refractivity contribution < 1.29 is 9.53 Å². The number of aromatic nitrogens is 2. The summed E-state index contributed by atoms with van der Waals surface area (Å²) in [5, 5.41) is 6.04. The number of benzene rings is 2. The van der Waals surface area contributed by atoms with E-state index in [1.165, 1.54) is 6.33 Å². The summed E-state index contributed by atoms with van der Waals surface area (Å²) in [6.07, 6.45) is 1.51. The van der Waals surface area contributed by atoms with E-state index in [1.807, 2.05) is 63.2 Å². The second kappa shape index (κ2) is 8.31. The van der Waals surface area contributed by atoms with Gasteiger partial charge in [0, 0.05) is 23.1 Å². The lowest BCUT2D eigenvalue weighted by Crippen LogP contribution is -2.20. The molecule has 6 heteroatoms. The fourth-order valence-electron chi connectivity index (χ4n) is 2.71. The van der Waals surface area contributed by atoms with Crippen LogP contribution in [-0.4, -0.2) is 22.5 Å². The van der Waals surface area contributed by atoms with Crippen LogP contribution >= 0.6 is 0 Å². The molecule has 2 N–H and O–H groups in total. The number of hydrogen-bond donors (Lipinski definition) is 2. The second-order valence-electron chi connectivity index (χ2n) is 6.41. The average Bonchev–Trinajstić information content (AvgIpc) is 2.59. The summed E-state index contributed by atoms with van der Waals surface area (Å²) in [5.41, 5.74) is 4.58. The smallest absolute Gasteiger partial charge is 0.262 e. The topological polar surface area (TPSA) is 76.1 Å². The van der Waals surface area contributed by atoms with Crippen molar-refractivity contribution in [2.45, 2.75) is 20.8 Å². The Labute approximate surface area is 158 Å². The SMILES string of the molecule is Cc1cc(C)cc(OCC(=O)Nc2cccc(Nc3cc(C)ncn3)c2)c1. The molecule has 2 aromatic carbocycles. The maximum atomic E-state index is 12.2. The number of ether oxygens (including phenoxy) is 1. The zero-order chi connectivity index (χ0) is 19.2. The number of rotatable bonds is 6. The van der Waals surface area contributed by atoms with Gasteiger partial charge in [-0.25, -0.2) is 9.97 Å². The van der Waals surface area contributed by atoms with Crippen LogP contribution in [-0.2, 0) is 4.79 Å². The Bertz CT molecular complexity index is 936. The molecule has 0 radical (unpaired) electrons. The first kappa shape index (κ1) is 18.4. The number of hydrogen-bond acceptors (Lipinski definition) is 5. The third kappa shape index (κ3) is 5.54.